The molecular weight excluding hydrogens is 344 g/mol. The summed E-state index contributed by atoms with van der Waals surface area (Å²) in [5, 5.41) is 9.98. The summed E-state index contributed by atoms with van der Waals surface area (Å²) < 4.78 is 11.2. The van der Waals surface area contributed by atoms with Crippen LogP contribution in [0, 0.1) is 22.7 Å². The maximum Gasteiger partial charge on any atom is 0.331 e. The Hall–Kier alpha value is -1.62. The van der Waals surface area contributed by atoms with E-state index in [0.29, 0.717) is 13.0 Å². The van der Waals surface area contributed by atoms with E-state index in [1.807, 2.05) is 13.8 Å². The fraction of sp³-hybridized carbons (Fsp3) is 0.727. The summed E-state index contributed by atoms with van der Waals surface area (Å²) in [6.45, 7) is 10.7. The fourth-order valence-electron chi connectivity index (χ4n) is 6.16. The Labute approximate surface area is 161 Å². The van der Waals surface area contributed by atoms with Crippen LogP contribution in [0.1, 0.15) is 59.3 Å². The van der Waals surface area contributed by atoms with Gasteiger partial charge in [-0.05, 0) is 62.4 Å². The van der Waals surface area contributed by atoms with Crippen LogP contribution in [0.5, 0.6) is 0 Å². The summed E-state index contributed by atoms with van der Waals surface area (Å²) in [7, 11) is 1.61. The Morgan fingerprint density at radius 3 is 2.67 bits per heavy atom. The highest BCUT2D eigenvalue weighted by Crippen LogP contribution is 2.63. The van der Waals surface area contributed by atoms with Crippen LogP contribution in [0.25, 0.3) is 0 Å². The minimum atomic E-state index is -0.776. The van der Waals surface area contributed by atoms with Gasteiger partial charge in [-0.25, -0.2) is 4.79 Å². The lowest BCUT2D eigenvalue weighted by Crippen LogP contribution is -2.55. The van der Waals surface area contributed by atoms with Crippen molar-refractivity contribution in [3.8, 4) is 0 Å². The third-order valence-corrected chi connectivity index (χ3v) is 7.77. The molecule has 0 aromatic heterocycles. The molecule has 1 N–H and O–H groups in total. The Morgan fingerprint density at radius 1 is 1.41 bits per heavy atom. The molecule has 2 aliphatic carbocycles. The van der Waals surface area contributed by atoms with E-state index in [9.17, 15) is 14.7 Å². The van der Waals surface area contributed by atoms with Crippen molar-refractivity contribution in [1.29, 1.82) is 0 Å². The second-order valence-electron chi connectivity index (χ2n) is 9.26. The van der Waals surface area contributed by atoms with E-state index in [2.05, 4.69) is 13.5 Å². The molecule has 1 heterocycles. The molecule has 5 nitrogen and oxygen atoms in total. The third-order valence-electron chi connectivity index (χ3n) is 7.77. The summed E-state index contributed by atoms with van der Waals surface area (Å²) in [5.74, 6) is -0.835. The molecule has 5 heteroatoms. The number of aliphatic carboxylic acids is 1. The van der Waals surface area contributed by atoms with E-state index in [0.717, 1.165) is 43.3 Å². The fourth-order valence-corrected chi connectivity index (χ4v) is 6.16. The number of ether oxygens (including phenoxy) is 2. The van der Waals surface area contributed by atoms with Crippen LogP contribution in [0.4, 0.5) is 0 Å². The first kappa shape index (κ1) is 20.1. The highest BCUT2D eigenvalue weighted by atomic mass is 16.6. The third kappa shape index (κ3) is 3.04. The van der Waals surface area contributed by atoms with Crippen LogP contribution < -0.4 is 0 Å². The van der Waals surface area contributed by atoms with Gasteiger partial charge in [0.25, 0.3) is 0 Å². The highest BCUT2D eigenvalue weighted by Gasteiger charge is 2.59. The number of rotatable bonds is 5. The Bertz CT molecular complexity index is 695. The van der Waals surface area contributed by atoms with Gasteiger partial charge in [0.15, 0.2) is 5.60 Å². The van der Waals surface area contributed by atoms with E-state index in [4.69, 9.17) is 9.47 Å². The van der Waals surface area contributed by atoms with Crippen molar-refractivity contribution in [2.75, 3.05) is 13.7 Å². The van der Waals surface area contributed by atoms with Crippen LogP contribution in [-0.4, -0.2) is 36.4 Å². The van der Waals surface area contributed by atoms with Crippen LogP contribution >= 0.6 is 0 Å². The van der Waals surface area contributed by atoms with E-state index in [1.165, 1.54) is 0 Å². The molecule has 0 spiro atoms. The Kier molecular flexibility index (Phi) is 5.04. The number of carbonyl (C=O) groups is 2. The van der Waals surface area contributed by atoms with Gasteiger partial charge in [0, 0.05) is 19.6 Å². The van der Waals surface area contributed by atoms with Crippen molar-refractivity contribution in [1.82, 2.24) is 0 Å². The quantitative estimate of drug-likeness (QED) is 0.577. The topological polar surface area (TPSA) is 72.8 Å². The number of carboxylic acid groups (broad SMARTS) is 1. The number of fused-ring (bicyclic) bond motifs is 1. The van der Waals surface area contributed by atoms with Gasteiger partial charge >= 0.3 is 11.9 Å². The average molecular weight is 376 g/mol. The van der Waals surface area contributed by atoms with E-state index >= 15 is 0 Å². The zero-order chi connectivity index (χ0) is 20.0. The molecule has 1 aliphatic heterocycles. The highest BCUT2D eigenvalue weighted by molar-refractivity contribution is 5.86. The first-order valence-electron chi connectivity index (χ1n) is 9.91. The summed E-state index contributed by atoms with van der Waals surface area (Å²) in [6, 6.07) is 0. The second-order valence-corrected chi connectivity index (χ2v) is 9.26. The van der Waals surface area contributed by atoms with Gasteiger partial charge in [-0.3, -0.25) is 4.79 Å². The summed E-state index contributed by atoms with van der Waals surface area (Å²) in [4.78, 5) is 24.1. The van der Waals surface area contributed by atoms with Gasteiger partial charge in [0.2, 0.25) is 0 Å². The van der Waals surface area contributed by atoms with Crippen molar-refractivity contribution in [2.45, 2.75) is 64.9 Å². The lowest BCUT2D eigenvalue weighted by Gasteiger charge is -2.58. The van der Waals surface area contributed by atoms with E-state index in [1.54, 1.807) is 13.2 Å². The number of carbonyl (C=O) groups excluding carboxylic acids is 1. The maximum atomic E-state index is 12.1. The second kappa shape index (κ2) is 6.77. The molecule has 27 heavy (non-hydrogen) atoms. The monoisotopic (exact) mass is 376 g/mol. The molecule has 2 unspecified atom stereocenters. The standard InChI is InChI=1S/C22H32O5/c1-14-7-8-17-20(3,9-6-10-21(17,4)19(24)25)16(14)12-22(13-26-5)15(2)11-18(23)27-22/h11,16-17H,1,6-10,12-13H2,2-5H3,(H,24,25)/t16-,17?,20+,21-,22?/m0/s1. The Balaban J connectivity index is 1.98. The molecule has 3 aliphatic rings. The molecule has 0 aromatic rings. The van der Waals surface area contributed by atoms with Crippen molar-refractivity contribution >= 4 is 11.9 Å². The molecule has 3 rings (SSSR count). The van der Waals surface area contributed by atoms with Gasteiger partial charge in [-0.15, -0.1) is 0 Å². The number of carboxylic acids is 1. The van der Waals surface area contributed by atoms with Gasteiger partial charge in [0.1, 0.15) is 0 Å². The Morgan fingerprint density at radius 2 is 2.11 bits per heavy atom. The predicted octanol–water partition coefficient (Wildman–Crippen LogP) is 4.13. The van der Waals surface area contributed by atoms with Gasteiger partial charge in [-0.2, -0.15) is 0 Å². The largest absolute Gasteiger partial charge is 0.481 e. The lowest BCUT2D eigenvalue weighted by atomic mass is 9.46. The van der Waals surface area contributed by atoms with Crippen LogP contribution in [0.2, 0.25) is 0 Å². The number of esters is 1. The van der Waals surface area contributed by atoms with Crippen LogP contribution in [0.3, 0.4) is 0 Å². The molecule has 2 saturated carbocycles. The average Bonchev–Trinajstić information content (AvgIpc) is 2.85. The number of cyclic esters (lactones) is 1. The van der Waals surface area contributed by atoms with Crippen LogP contribution in [-0.2, 0) is 19.1 Å². The molecule has 0 saturated heterocycles. The van der Waals surface area contributed by atoms with Crippen molar-refractivity contribution in [3.05, 3.63) is 23.8 Å². The number of methoxy groups -OCH3 is 1. The summed E-state index contributed by atoms with van der Waals surface area (Å²) in [5.41, 5.74) is 0.370. The normalized spacial score (nSPS) is 41.7. The molecule has 0 aromatic carbocycles. The zero-order valence-electron chi connectivity index (χ0n) is 17.0. The predicted molar refractivity (Wildman–Crippen MR) is 102 cm³/mol. The molecule has 0 radical (unpaired) electrons. The van der Waals surface area contributed by atoms with E-state index < -0.39 is 17.0 Å². The van der Waals surface area contributed by atoms with Crippen molar-refractivity contribution < 1.29 is 24.2 Å². The molecule has 5 atom stereocenters. The van der Waals surface area contributed by atoms with Crippen molar-refractivity contribution in [2.24, 2.45) is 22.7 Å². The number of allylic oxidation sites excluding steroid dienone is 1. The maximum absolute atomic E-state index is 12.1. The summed E-state index contributed by atoms with van der Waals surface area (Å²) >= 11 is 0. The minimum Gasteiger partial charge on any atom is -0.481 e. The first-order valence-corrected chi connectivity index (χ1v) is 9.91. The van der Waals surface area contributed by atoms with Gasteiger partial charge in [0.05, 0.1) is 12.0 Å². The van der Waals surface area contributed by atoms with Crippen LogP contribution in [0.15, 0.2) is 23.8 Å². The minimum absolute atomic E-state index is 0.0905. The molecule has 0 bridgehead atoms. The molecular formula is C22H32O5. The van der Waals surface area contributed by atoms with E-state index in [-0.39, 0.29) is 23.2 Å². The molecule has 0 amide bonds. The SMILES string of the molecule is C=C1CCC2[C@](C)(CCC[C@]2(C)C(=O)O)[C@H]1CC1(COC)OC(=O)C=C1C. The van der Waals surface area contributed by atoms with Gasteiger partial charge in [-0.1, -0.05) is 25.5 Å². The van der Waals surface area contributed by atoms with Crippen molar-refractivity contribution in [3.63, 3.8) is 0 Å². The zero-order valence-corrected chi connectivity index (χ0v) is 17.0. The smallest absolute Gasteiger partial charge is 0.331 e. The number of hydrogen-bond acceptors (Lipinski definition) is 4. The summed E-state index contributed by atoms with van der Waals surface area (Å²) in [6.07, 6.45) is 6.44. The molecule has 2 fully saturated rings. The lowest BCUT2D eigenvalue weighted by molar-refractivity contribution is -0.167. The van der Waals surface area contributed by atoms with Gasteiger partial charge < -0.3 is 14.6 Å². The first-order chi connectivity index (χ1) is 12.6. The molecule has 150 valence electrons. The number of hydrogen-bond donors (Lipinski definition) is 1.